The number of nitrogens with zero attached hydrogens (tertiary/aromatic N) is 2. The molecule has 0 radical (unpaired) electrons. The highest BCUT2D eigenvalue weighted by Crippen LogP contribution is 2.09. The number of pyridine rings is 1. The van der Waals surface area contributed by atoms with Crippen molar-refractivity contribution in [3.63, 3.8) is 0 Å². The van der Waals surface area contributed by atoms with E-state index < -0.39 is 0 Å². The van der Waals surface area contributed by atoms with Crippen LogP contribution < -0.4 is 0 Å². The van der Waals surface area contributed by atoms with Gasteiger partial charge in [-0.25, -0.2) is 0 Å². The van der Waals surface area contributed by atoms with Crippen LogP contribution in [0.4, 0.5) is 0 Å². The molecule has 0 atom stereocenters. The summed E-state index contributed by atoms with van der Waals surface area (Å²) in [7, 11) is 0. The number of hydrogen-bond donors (Lipinski definition) is 0. The van der Waals surface area contributed by atoms with Gasteiger partial charge in [-0.1, -0.05) is 18.2 Å². The molecule has 0 saturated carbocycles. The van der Waals surface area contributed by atoms with Crippen molar-refractivity contribution in [1.29, 1.82) is 0 Å². The van der Waals surface area contributed by atoms with Crippen molar-refractivity contribution in [2.45, 2.75) is 27.7 Å². The Morgan fingerprint density at radius 1 is 1.25 bits per heavy atom. The predicted molar refractivity (Wildman–Crippen MR) is 70.6 cm³/mol. The fourth-order valence-electron chi connectivity index (χ4n) is 1.20. The van der Waals surface area contributed by atoms with Gasteiger partial charge in [0.2, 0.25) is 0 Å². The molecule has 0 aliphatic heterocycles. The van der Waals surface area contributed by atoms with Crippen molar-refractivity contribution >= 4 is 11.8 Å². The van der Waals surface area contributed by atoms with E-state index in [2.05, 4.69) is 30.4 Å². The minimum absolute atomic E-state index is 0.981. The van der Waals surface area contributed by atoms with E-state index in [1.54, 1.807) is 12.3 Å². The molecule has 0 amide bonds. The zero-order valence-corrected chi connectivity index (χ0v) is 10.4. The fraction of sp³-hybridized carbons (Fsp3) is 0.286. The number of hydrogen-bond acceptors (Lipinski definition) is 2. The molecule has 0 fully saturated rings. The first-order chi connectivity index (χ1) is 7.54. The van der Waals surface area contributed by atoms with Crippen molar-refractivity contribution in [3.8, 4) is 0 Å². The Bertz CT molecular complexity index is 450. The first-order valence-electron chi connectivity index (χ1n) is 5.32. The third-order valence-corrected chi connectivity index (χ3v) is 2.47. The highest BCUT2D eigenvalue weighted by molar-refractivity contribution is 5.99. The second-order valence-electron chi connectivity index (χ2n) is 3.99. The largest absolute Gasteiger partial charge is 0.263 e. The molecule has 1 aromatic heterocycles. The van der Waals surface area contributed by atoms with Crippen molar-refractivity contribution in [2.24, 2.45) is 4.99 Å². The quantitative estimate of drug-likeness (QED) is 0.702. The third kappa shape index (κ3) is 3.16. The van der Waals surface area contributed by atoms with E-state index in [0.29, 0.717) is 0 Å². The first kappa shape index (κ1) is 12.4. The highest BCUT2D eigenvalue weighted by atomic mass is 14.8. The van der Waals surface area contributed by atoms with Gasteiger partial charge in [0.05, 0.1) is 0 Å². The van der Waals surface area contributed by atoms with Gasteiger partial charge in [-0.05, 0) is 39.3 Å². The molecule has 1 rings (SSSR count). The van der Waals surface area contributed by atoms with Gasteiger partial charge in [-0.3, -0.25) is 9.98 Å². The van der Waals surface area contributed by atoms with Crippen LogP contribution in [-0.4, -0.2) is 10.7 Å². The van der Waals surface area contributed by atoms with Crippen molar-refractivity contribution in [3.05, 3.63) is 47.4 Å². The van der Waals surface area contributed by atoms with Crippen LogP contribution in [-0.2, 0) is 0 Å². The molecule has 0 N–H and O–H groups in total. The van der Waals surface area contributed by atoms with Gasteiger partial charge in [-0.2, -0.15) is 0 Å². The van der Waals surface area contributed by atoms with E-state index in [-0.39, 0.29) is 0 Å². The maximum Gasteiger partial charge on any atom is 0.0463 e. The highest BCUT2D eigenvalue weighted by Gasteiger charge is 1.99. The number of aromatic nitrogens is 1. The minimum atomic E-state index is 0.981. The van der Waals surface area contributed by atoms with Crippen molar-refractivity contribution in [1.82, 2.24) is 4.98 Å². The molecular weight excluding hydrogens is 196 g/mol. The molecule has 0 spiro atoms. The Hall–Kier alpha value is -1.70. The van der Waals surface area contributed by atoms with Crippen LogP contribution in [0.15, 0.2) is 41.3 Å². The molecule has 0 aliphatic carbocycles. The Balaban J connectivity index is 3.09. The lowest BCUT2D eigenvalue weighted by molar-refractivity contribution is 1.18. The van der Waals surface area contributed by atoms with Crippen LogP contribution in [0.1, 0.15) is 38.8 Å². The lowest BCUT2D eigenvalue weighted by atomic mass is 10.1. The van der Waals surface area contributed by atoms with Crippen LogP contribution in [0, 0.1) is 0 Å². The van der Waals surface area contributed by atoms with Crippen molar-refractivity contribution in [2.75, 3.05) is 0 Å². The summed E-state index contributed by atoms with van der Waals surface area (Å²) in [5.41, 5.74) is 5.32. The summed E-state index contributed by atoms with van der Waals surface area (Å²) in [5.74, 6) is 0. The van der Waals surface area contributed by atoms with E-state index >= 15 is 0 Å². The molecular formula is C14H18N2. The van der Waals surface area contributed by atoms with E-state index in [0.717, 1.165) is 22.5 Å². The maximum atomic E-state index is 4.54. The van der Waals surface area contributed by atoms with Crippen LogP contribution >= 0.6 is 0 Å². The second kappa shape index (κ2) is 5.40. The van der Waals surface area contributed by atoms with Crippen LogP contribution in [0.2, 0.25) is 0 Å². The summed E-state index contributed by atoms with van der Waals surface area (Å²) >= 11 is 0. The number of rotatable bonds is 3. The summed E-state index contributed by atoms with van der Waals surface area (Å²) in [5, 5.41) is 0. The molecule has 84 valence electrons. The Kier molecular flexibility index (Phi) is 4.18. The standard InChI is InChI=1S/C14H18N2/c1-6-13-7-14(9-15-8-13)12(5)16-11(4)10(2)3/h6-9H,1H2,2-5H3. The number of allylic oxidation sites excluding steroid dienone is 2. The molecule has 2 nitrogen and oxygen atoms in total. The molecule has 0 aliphatic rings. The van der Waals surface area contributed by atoms with E-state index in [1.807, 2.05) is 26.1 Å². The average molecular weight is 214 g/mol. The topological polar surface area (TPSA) is 25.2 Å². The molecule has 0 saturated heterocycles. The van der Waals surface area contributed by atoms with Gasteiger partial charge < -0.3 is 0 Å². The van der Waals surface area contributed by atoms with E-state index in [9.17, 15) is 0 Å². The summed E-state index contributed by atoms with van der Waals surface area (Å²) in [6, 6.07) is 2.04. The second-order valence-corrected chi connectivity index (χ2v) is 3.99. The number of aliphatic imine (C=N–C) groups is 1. The zero-order chi connectivity index (χ0) is 12.1. The average Bonchev–Trinajstić information content (AvgIpc) is 2.28. The molecule has 1 heterocycles. The molecule has 2 heteroatoms. The zero-order valence-electron chi connectivity index (χ0n) is 10.4. The normalized spacial score (nSPS) is 11.1. The van der Waals surface area contributed by atoms with Crippen LogP contribution in [0.3, 0.4) is 0 Å². The van der Waals surface area contributed by atoms with Gasteiger partial charge in [-0.15, -0.1) is 0 Å². The van der Waals surface area contributed by atoms with Crippen molar-refractivity contribution < 1.29 is 0 Å². The summed E-state index contributed by atoms with van der Waals surface area (Å²) in [6.45, 7) is 11.9. The van der Waals surface area contributed by atoms with Gasteiger partial charge in [0.15, 0.2) is 0 Å². The predicted octanol–water partition coefficient (Wildman–Crippen LogP) is 3.85. The maximum absolute atomic E-state index is 4.54. The van der Waals surface area contributed by atoms with Crippen LogP contribution in [0.25, 0.3) is 6.08 Å². The smallest absolute Gasteiger partial charge is 0.0463 e. The fourth-order valence-corrected chi connectivity index (χ4v) is 1.20. The Morgan fingerprint density at radius 2 is 1.94 bits per heavy atom. The summed E-state index contributed by atoms with van der Waals surface area (Å²) in [6.07, 6.45) is 5.40. The van der Waals surface area contributed by atoms with Crippen LogP contribution in [0.5, 0.6) is 0 Å². The summed E-state index contributed by atoms with van der Waals surface area (Å²) in [4.78, 5) is 8.70. The Labute approximate surface area is 97.5 Å². The Morgan fingerprint density at radius 3 is 2.50 bits per heavy atom. The van der Waals surface area contributed by atoms with Gasteiger partial charge >= 0.3 is 0 Å². The SMILES string of the molecule is C=Cc1cncc(C(C)=NC(C)=C(C)C)c1. The first-order valence-corrected chi connectivity index (χ1v) is 5.32. The third-order valence-electron chi connectivity index (χ3n) is 2.47. The summed E-state index contributed by atoms with van der Waals surface area (Å²) < 4.78 is 0. The molecule has 16 heavy (non-hydrogen) atoms. The molecule has 0 unspecified atom stereocenters. The lowest BCUT2D eigenvalue weighted by Crippen LogP contribution is -1.97. The van der Waals surface area contributed by atoms with E-state index in [1.165, 1.54) is 5.57 Å². The van der Waals surface area contributed by atoms with Gasteiger partial charge in [0, 0.05) is 29.4 Å². The minimum Gasteiger partial charge on any atom is -0.263 e. The monoisotopic (exact) mass is 214 g/mol. The molecule has 0 aromatic carbocycles. The van der Waals surface area contributed by atoms with Gasteiger partial charge in [0.25, 0.3) is 0 Å². The van der Waals surface area contributed by atoms with Gasteiger partial charge in [0.1, 0.15) is 0 Å². The molecule has 1 aromatic rings. The van der Waals surface area contributed by atoms with E-state index in [4.69, 9.17) is 0 Å². The molecule has 0 bridgehead atoms. The lowest BCUT2D eigenvalue weighted by Gasteiger charge is -2.03.